The monoisotopic (exact) mass is 170 g/mol. The minimum Gasteiger partial charge on any atom is -0.339 e. The summed E-state index contributed by atoms with van der Waals surface area (Å²) < 4.78 is 0. The van der Waals surface area contributed by atoms with Crippen LogP contribution in [0.4, 0.5) is 0 Å². The van der Waals surface area contributed by atoms with E-state index in [4.69, 9.17) is 0 Å². The molecule has 0 aromatic rings. The zero-order valence-corrected chi connectivity index (χ0v) is 8.13. The van der Waals surface area contributed by atoms with E-state index in [0.29, 0.717) is 18.5 Å². The molecule has 0 radical (unpaired) electrons. The van der Waals surface area contributed by atoms with Crippen LogP contribution in [0.3, 0.4) is 0 Å². The normalized spacial score (nSPS) is 18.2. The molecule has 0 saturated carbocycles. The maximum Gasteiger partial charge on any atom is 0.222 e. The van der Waals surface area contributed by atoms with E-state index in [9.17, 15) is 4.79 Å². The molecule has 1 fully saturated rings. The highest BCUT2D eigenvalue weighted by molar-refractivity contribution is 5.76. The van der Waals surface area contributed by atoms with Crippen LogP contribution < -0.4 is 5.32 Å². The van der Waals surface area contributed by atoms with Crippen molar-refractivity contribution < 1.29 is 4.79 Å². The molecule has 1 aliphatic rings. The third-order valence-electron chi connectivity index (χ3n) is 2.11. The Kier molecular flexibility index (Phi) is 3.09. The van der Waals surface area contributed by atoms with Crippen LogP contribution in [0.5, 0.6) is 0 Å². The van der Waals surface area contributed by atoms with Crippen LogP contribution in [-0.4, -0.2) is 36.0 Å². The van der Waals surface area contributed by atoms with Crippen molar-refractivity contribution in [3.8, 4) is 0 Å². The summed E-state index contributed by atoms with van der Waals surface area (Å²) >= 11 is 0. The van der Waals surface area contributed by atoms with Crippen molar-refractivity contribution >= 4 is 5.91 Å². The molecule has 1 aliphatic heterocycles. The first-order valence-corrected chi connectivity index (χ1v) is 4.67. The molecule has 12 heavy (non-hydrogen) atoms. The molecule has 1 N–H and O–H groups in total. The van der Waals surface area contributed by atoms with Crippen molar-refractivity contribution in [2.75, 3.05) is 13.1 Å². The molecule has 3 heteroatoms. The highest BCUT2D eigenvalue weighted by atomic mass is 16.2. The smallest absolute Gasteiger partial charge is 0.222 e. The van der Waals surface area contributed by atoms with E-state index in [1.165, 1.54) is 0 Å². The second kappa shape index (κ2) is 3.90. The molecular formula is C9H18N2O. The Morgan fingerprint density at radius 2 is 2.17 bits per heavy atom. The molecule has 3 nitrogen and oxygen atoms in total. The fourth-order valence-electron chi connectivity index (χ4n) is 1.48. The lowest BCUT2D eigenvalue weighted by molar-refractivity contribution is -0.135. The first kappa shape index (κ1) is 9.52. The van der Waals surface area contributed by atoms with E-state index in [2.05, 4.69) is 19.2 Å². The van der Waals surface area contributed by atoms with E-state index in [0.717, 1.165) is 13.1 Å². The zero-order chi connectivity index (χ0) is 9.14. The number of rotatable bonds is 3. The maximum atomic E-state index is 11.1. The third-order valence-corrected chi connectivity index (χ3v) is 2.11. The number of carbonyl (C=O) groups is 1. The van der Waals surface area contributed by atoms with E-state index in [1.54, 1.807) is 0 Å². The lowest BCUT2D eigenvalue weighted by atomic mass is 10.1. The van der Waals surface area contributed by atoms with Gasteiger partial charge in [0, 0.05) is 31.6 Å². The van der Waals surface area contributed by atoms with Gasteiger partial charge < -0.3 is 10.2 Å². The zero-order valence-electron chi connectivity index (χ0n) is 8.13. The summed E-state index contributed by atoms with van der Waals surface area (Å²) in [5.74, 6) is 0.275. The van der Waals surface area contributed by atoms with Gasteiger partial charge in [-0.15, -0.1) is 0 Å². The topological polar surface area (TPSA) is 32.3 Å². The van der Waals surface area contributed by atoms with Gasteiger partial charge in [-0.3, -0.25) is 4.79 Å². The van der Waals surface area contributed by atoms with Gasteiger partial charge >= 0.3 is 0 Å². The van der Waals surface area contributed by atoms with Crippen LogP contribution in [0, 0.1) is 0 Å². The minimum absolute atomic E-state index is 0.275. The number of carbonyl (C=O) groups excluding carboxylic acids is 1. The first-order valence-electron chi connectivity index (χ1n) is 4.67. The van der Waals surface area contributed by atoms with Gasteiger partial charge in [0.2, 0.25) is 5.91 Å². The molecule has 0 aliphatic carbocycles. The number of hydrogen-bond donors (Lipinski definition) is 1. The number of nitrogens with one attached hydrogen (secondary N) is 1. The fraction of sp³-hybridized carbons (Fsp3) is 0.889. The van der Waals surface area contributed by atoms with Crippen LogP contribution in [0.2, 0.25) is 0 Å². The van der Waals surface area contributed by atoms with Gasteiger partial charge in [0.1, 0.15) is 0 Å². The van der Waals surface area contributed by atoms with Crippen molar-refractivity contribution in [3.05, 3.63) is 0 Å². The summed E-state index contributed by atoms with van der Waals surface area (Å²) in [4.78, 5) is 13.0. The lowest BCUT2D eigenvalue weighted by Gasteiger charge is -2.40. The highest BCUT2D eigenvalue weighted by Crippen LogP contribution is 2.09. The first-order chi connectivity index (χ1) is 5.63. The Hall–Kier alpha value is -0.570. The van der Waals surface area contributed by atoms with E-state index >= 15 is 0 Å². The summed E-state index contributed by atoms with van der Waals surface area (Å²) in [5.41, 5.74) is 0. The summed E-state index contributed by atoms with van der Waals surface area (Å²) in [6, 6.07) is 1.05. The van der Waals surface area contributed by atoms with E-state index in [1.807, 2.05) is 11.8 Å². The number of likely N-dealkylation sites (tertiary alicyclic amines) is 1. The molecule has 0 unspecified atom stereocenters. The molecule has 70 valence electrons. The largest absolute Gasteiger partial charge is 0.339 e. The Morgan fingerprint density at radius 3 is 2.58 bits per heavy atom. The fourth-order valence-corrected chi connectivity index (χ4v) is 1.48. The van der Waals surface area contributed by atoms with E-state index < -0.39 is 0 Å². The molecule has 1 heterocycles. The predicted octanol–water partition coefficient (Wildman–Crippen LogP) is 0.605. The van der Waals surface area contributed by atoms with Gasteiger partial charge in [0.15, 0.2) is 0 Å². The Labute approximate surface area is 74.1 Å². The molecule has 0 aromatic heterocycles. The average molecular weight is 170 g/mol. The summed E-state index contributed by atoms with van der Waals surface area (Å²) in [5, 5.41) is 3.39. The molecule has 0 spiro atoms. The number of nitrogens with zero attached hydrogens (tertiary/aromatic N) is 1. The number of amides is 1. The standard InChI is InChI=1S/C9H18N2O/c1-4-9(12)11-5-8(6-11)10-7(2)3/h7-8,10H,4-6H2,1-3H3. The van der Waals surface area contributed by atoms with Crippen molar-refractivity contribution in [2.24, 2.45) is 0 Å². The van der Waals surface area contributed by atoms with Crippen LogP contribution >= 0.6 is 0 Å². The van der Waals surface area contributed by atoms with Crippen molar-refractivity contribution in [1.82, 2.24) is 10.2 Å². The van der Waals surface area contributed by atoms with E-state index in [-0.39, 0.29) is 5.91 Å². The second-order valence-electron chi connectivity index (χ2n) is 3.67. The minimum atomic E-state index is 0.275. The molecule has 1 amide bonds. The van der Waals surface area contributed by atoms with Gasteiger partial charge in [0.25, 0.3) is 0 Å². The van der Waals surface area contributed by atoms with Crippen molar-refractivity contribution in [1.29, 1.82) is 0 Å². The summed E-state index contributed by atoms with van der Waals surface area (Å²) in [6.45, 7) is 7.95. The highest BCUT2D eigenvalue weighted by Gasteiger charge is 2.29. The van der Waals surface area contributed by atoms with Crippen LogP contribution in [0.25, 0.3) is 0 Å². The van der Waals surface area contributed by atoms with Crippen molar-refractivity contribution in [2.45, 2.75) is 39.3 Å². The lowest BCUT2D eigenvalue weighted by Crippen LogP contribution is -2.60. The molecule has 0 bridgehead atoms. The van der Waals surface area contributed by atoms with Crippen LogP contribution in [0.15, 0.2) is 0 Å². The molecule has 1 rings (SSSR count). The molecule has 1 saturated heterocycles. The SMILES string of the molecule is CCC(=O)N1CC(NC(C)C)C1. The Morgan fingerprint density at radius 1 is 1.58 bits per heavy atom. The van der Waals surface area contributed by atoms with Gasteiger partial charge in [0.05, 0.1) is 0 Å². The predicted molar refractivity (Wildman–Crippen MR) is 48.9 cm³/mol. The van der Waals surface area contributed by atoms with Gasteiger partial charge in [-0.05, 0) is 0 Å². The Bertz CT molecular complexity index is 162. The van der Waals surface area contributed by atoms with Gasteiger partial charge in [-0.2, -0.15) is 0 Å². The molecule has 0 aromatic carbocycles. The third kappa shape index (κ3) is 2.21. The Balaban J connectivity index is 2.15. The van der Waals surface area contributed by atoms with Crippen molar-refractivity contribution in [3.63, 3.8) is 0 Å². The average Bonchev–Trinajstić information content (AvgIpc) is 1.94. The molecule has 0 atom stereocenters. The summed E-state index contributed by atoms with van der Waals surface area (Å²) in [6.07, 6.45) is 0.633. The molecular weight excluding hydrogens is 152 g/mol. The van der Waals surface area contributed by atoms with Gasteiger partial charge in [-0.1, -0.05) is 20.8 Å². The summed E-state index contributed by atoms with van der Waals surface area (Å²) in [7, 11) is 0. The van der Waals surface area contributed by atoms with Gasteiger partial charge in [-0.25, -0.2) is 0 Å². The number of hydrogen-bond acceptors (Lipinski definition) is 2. The van der Waals surface area contributed by atoms with Crippen LogP contribution in [0.1, 0.15) is 27.2 Å². The quantitative estimate of drug-likeness (QED) is 0.673. The maximum absolute atomic E-state index is 11.1. The van der Waals surface area contributed by atoms with Crippen LogP contribution in [-0.2, 0) is 4.79 Å². The second-order valence-corrected chi connectivity index (χ2v) is 3.67.